The van der Waals surface area contributed by atoms with Gasteiger partial charge in [0.1, 0.15) is 0 Å². The van der Waals surface area contributed by atoms with Crippen LogP contribution in [0.5, 0.6) is 0 Å². The molecule has 2 nitrogen and oxygen atoms in total. The lowest BCUT2D eigenvalue weighted by Gasteiger charge is -2.22. The largest absolute Gasteiger partial charge is 0.376 e. The Morgan fingerprint density at radius 1 is 1.21 bits per heavy atom. The van der Waals surface area contributed by atoms with Crippen molar-refractivity contribution < 1.29 is 9.47 Å². The van der Waals surface area contributed by atoms with E-state index < -0.39 is 0 Å². The normalized spacial score (nSPS) is 10.6. The van der Waals surface area contributed by atoms with Gasteiger partial charge < -0.3 is 9.47 Å². The van der Waals surface area contributed by atoms with Gasteiger partial charge >= 0.3 is 0 Å². The van der Waals surface area contributed by atoms with Crippen LogP contribution in [0.3, 0.4) is 0 Å². The second kappa shape index (κ2) is 7.37. The van der Waals surface area contributed by atoms with E-state index in [-0.39, 0.29) is 5.41 Å². The van der Waals surface area contributed by atoms with Gasteiger partial charge in [0, 0.05) is 0 Å². The summed E-state index contributed by atoms with van der Waals surface area (Å²) in [5, 5.41) is 0. The minimum absolute atomic E-state index is 0.369. The zero-order valence-electron chi connectivity index (χ0n) is 8.79. The molecule has 0 aromatic heterocycles. The molecule has 0 spiro atoms. The Balaban J connectivity index is 3.86. The predicted molar refractivity (Wildman–Crippen MR) is 59.0 cm³/mol. The molecular formula is C12H18O2. The molecule has 0 aliphatic carbocycles. The smallest absolute Gasteiger partial charge is 0.0749 e. The monoisotopic (exact) mass is 194 g/mol. The Morgan fingerprint density at radius 3 is 1.93 bits per heavy atom. The summed E-state index contributed by atoms with van der Waals surface area (Å²) in [5.41, 5.74) is -0.369. The van der Waals surface area contributed by atoms with Crippen LogP contribution >= 0.6 is 0 Å². The Kier molecular flexibility index (Phi) is 6.82. The minimum atomic E-state index is -0.369. The fourth-order valence-corrected chi connectivity index (χ4v) is 0.860. The molecule has 0 aromatic rings. The molecule has 0 atom stereocenters. The van der Waals surface area contributed by atoms with E-state index in [9.17, 15) is 0 Å². The molecule has 78 valence electrons. The summed E-state index contributed by atoms with van der Waals surface area (Å²) in [5.74, 6) is 2.68. The molecule has 0 radical (unpaired) electrons. The van der Waals surface area contributed by atoms with Crippen LogP contribution in [0.4, 0.5) is 0 Å². The van der Waals surface area contributed by atoms with E-state index in [4.69, 9.17) is 15.9 Å². The van der Waals surface area contributed by atoms with Gasteiger partial charge in [-0.1, -0.05) is 18.1 Å². The van der Waals surface area contributed by atoms with Crippen molar-refractivity contribution in [2.75, 3.05) is 26.4 Å². The van der Waals surface area contributed by atoms with Gasteiger partial charge in [-0.05, 0) is 6.92 Å². The molecule has 0 fully saturated rings. The molecule has 0 saturated heterocycles. The lowest BCUT2D eigenvalue weighted by atomic mass is 9.94. The van der Waals surface area contributed by atoms with E-state index in [1.165, 1.54) is 0 Å². The number of terminal acetylenes is 1. The molecule has 0 unspecified atom stereocenters. The number of rotatable bonds is 8. The first kappa shape index (κ1) is 13.0. The van der Waals surface area contributed by atoms with Gasteiger partial charge in [-0.25, -0.2) is 0 Å². The van der Waals surface area contributed by atoms with Crippen LogP contribution in [0.25, 0.3) is 0 Å². The highest BCUT2D eigenvalue weighted by Crippen LogP contribution is 2.15. The Hall–Kier alpha value is -1.04. The molecular weight excluding hydrogens is 176 g/mol. The van der Waals surface area contributed by atoms with Crippen LogP contribution in [-0.4, -0.2) is 26.4 Å². The zero-order chi connectivity index (χ0) is 10.9. The fraction of sp³-hybridized carbons (Fsp3) is 0.500. The molecule has 0 heterocycles. The summed E-state index contributed by atoms with van der Waals surface area (Å²) in [7, 11) is 0. The first-order valence-corrected chi connectivity index (χ1v) is 4.53. The summed E-state index contributed by atoms with van der Waals surface area (Å²) in [6.07, 6.45) is 8.80. The molecule has 0 saturated carbocycles. The maximum absolute atomic E-state index is 5.41. The van der Waals surface area contributed by atoms with E-state index >= 15 is 0 Å². The third-order valence-electron chi connectivity index (χ3n) is 1.66. The van der Waals surface area contributed by atoms with Gasteiger partial charge in [0.25, 0.3) is 0 Å². The Morgan fingerprint density at radius 2 is 1.64 bits per heavy atom. The second-order valence-electron chi connectivity index (χ2n) is 3.31. The van der Waals surface area contributed by atoms with Crippen molar-refractivity contribution in [2.24, 2.45) is 5.41 Å². The lowest BCUT2D eigenvalue weighted by molar-refractivity contribution is 0.0335. The topological polar surface area (TPSA) is 18.5 Å². The van der Waals surface area contributed by atoms with E-state index in [0.29, 0.717) is 26.4 Å². The Labute approximate surface area is 86.6 Å². The standard InChI is InChI=1S/C12H18O2/c1-5-8-13-10-12(4,7-3)11-14-9-6-2/h3,5-6H,1-2,8-11H2,4H3. The van der Waals surface area contributed by atoms with E-state index in [1.807, 2.05) is 6.92 Å². The molecule has 0 rings (SSSR count). The van der Waals surface area contributed by atoms with Gasteiger partial charge in [0.2, 0.25) is 0 Å². The van der Waals surface area contributed by atoms with Gasteiger partial charge in [-0.3, -0.25) is 0 Å². The maximum Gasteiger partial charge on any atom is 0.0749 e. The zero-order valence-corrected chi connectivity index (χ0v) is 8.79. The van der Waals surface area contributed by atoms with E-state index in [0.717, 1.165) is 0 Å². The third-order valence-corrected chi connectivity index (χ3v) is 1.66. The van der Waals surface area contributed by atoms with Crippen LogP contribution in [0.15, 0.2) is 25.3 Å². The SMILES string of the molecule is C#CC(C)(COCC=C)COCC=C. The van der Waals surface area contributed by atoms with Crippen molar-refractivity contribution >= 4 is 0 Å². The van der Waals surface area contributed by atoms with Gasteiger partial charge in [-0.15, -0.1) is 19.6 Å². The van der Waals surface area contributed by atoms with Gasteiger partial charge in [0.15, 0.2) is 0 Å². The molecule has 0 bridgehead atoms. The maximum atomic E-state index is 5.41. The van der Waals surface area contributed by atoms with Crippen molar-refractivity contribution in [3.05, 3.63) is 25.3 Å². The molecule has 0 aromatic carbocycles. The highest BCUT2D eigenvalue weighted by atomic mass is 16.5. The van der Waals surface area contributed by atoms with Crippen LogP contribution in [0.1, 0.15) is 6.92 Å². The predicted octanol–water partition coefficient (Wildman–Crippen LogP) is 2.03. The summed E-state index contributed by atoms with van der Waals surface area (Å²) < 4.78 is 10.6. The quantitative estimate of drug-likeness (QED) is 0.334. The lowest BCUT2D eigenvalue weighted by Crippen LogP contribution is -2.27. The van der Waals surface area contributed by atoms with Crippen molar-refractivity contribution in [1.29, 1.82) is 0 Å². The summed E-state index contributed by atoms with van der Waals surface area (Å²) in [4.78, 5) is 0. The Bertz CT molecular complexity index is 199. The van der Waals surface area contributed by atoms with Crippen LogP contribution in [0, 0.1) is 17.8 Å². The van der Waals surface area contributed by atoms with Crippen molar-refractivity contribution in [3.63, 3.8) is 0 Å². The molecule has 2 heteroatoms. The first-order valence-electron chi connectivity index (χ1n) is 4.53. The average Bonchev–Trinajstić information content (AvgIpc) is 2.19. The first-order chi connectivity index (χ1) is 6.68. The highest BCUT2D eigenvalue weighted by Gasteiger charge is 2.21. The highest BCUT2D eigenvalue weighted by molar-refractivity contribution is 5.03. The van der Waals surface area contributed by atoms with Gasteiger partial charge in [0.05, 0.1) is 31.8 Å². The second-order valence-corrected chi connectivity index (χ2v) is 3.31. The molecule has 0 aliphatic rings. The van der Waals surface area contributed by atoms with E-state index in [1.54, 1.807) is 12.2 Å². The molecule has 14 heavy (non-hydrogen) atoms. The van der Waals surface area contributed by atoms with Crippen LogP contribution in [0.2, 0.25) is 0 Å². The molecule has 0 amide bonds. The number of hydrogen-bond donors (Lipinski definition) is 0. The van der Waals surface area contributed by atoms with Crippen molar-refractivity contribution in [3.8, 4) is 12.3 Å². The van der Waals surface area contributed by atoms with Crippen LogP contribution < -0.4 is 0 Å². The van der Waals surface area contributed by atoms with Crippen molar-refractivity contribution in [1.82, 2.24) is 0 Å². The summed E-state index contributed by atoms with van der Waals surface area (Å²) in [6, 6.07) is 0. The average molecular weight is 194 g/mol. The molecule has 0 aliphatic heterocycles. The molecule has 0 N–H and O–H groups in total. The third kappa shape index (κ3) is 5.58. The summed E-state index contributed by atoms with van der Waals surface area (Å²) in [6.45, 7) is 11.0. The van der Waals surface area contributed by atoms with Gasteiger partial charge in [-0.2, -0.15) is 0 Å². The minimum Gasteiger partial charge on any atom is -0.376 e. The fourth-order valence-electron chi connectivity index (χ4n) is 0.860. The number of ether oxygens (including phenoxy) is 2. The summed E-state index contributed by atoms with van der Waals surface area (Å²) >= 11 is 0. The van der Waals surface area contributed by atoms with Crippen LogP contribution in [-0.2, 0) is 9.47 Å². The number of hydrogen-bond acceptors (Lipinski definition) is 2. The van der Waals surface area contributed by atoms with E-state index in [2.05, 4.69) is 19.1 Å². The van der Waals surface area contributed by atoms with Crippen molar-refractivity contribution in [2.45, 2.75) is 6.92 Å².